The molecule has 0 aliphatic carbocycles. The number of H-pyrrole nitrogens is 1. The lowest BCUT2D eigenvalue weighted by Gasteiger charge is -2.37. The maximum Gasteiger partial charge on any atom is 0.224 e. The standard InChI is InChI=1S/C27H37N5O2/c1-20-9-10-24(15-29-20)34-19-21-13-22(27(33)28-11-6-12-31(2)3)17-32(16-21)18-23-14-30-26-8-5-4-7-25(23)26/h4-5,7-10,14-15,21-22,30H,6,11-13,16-19H2,1-3H3,(H,28,33)/t21-,22+/m0/s1. The second kappa shape index (κ2) is 11.5. The minimum absolute atomic E-state index is 0.0388. The van der Waals surface area contributed by atoms with Crippen molar-refractivity contribution >= 4 is 16.8 Å². The highest BCUT2D eigenvalue weighted by Gasteiger charge is 2.32. The number of hydrogen-bond donors (Lipinski definition) is 2. The Kier molecular flexibility index (Phi) is 8.19. The summed E-state index contributed by atoms with van der Waals surface area (Å²) in [5.74, 6) is 1.18. The Morgan fingerprint density at radius 1 is 1.24 bits per heavy atom. The first kappa shape index (κ1) is 24.2. The number of amides is 1. The molecule has 0 unspecified atom stereocenters. The molecular formula is C27H37N5O2. The molecule has 2 atom stereocenters. The smallest absolute Gasteiger partial charge is 0.224 e. The Morgan fingerprint density at radius 3 is 2.88 bits per heavy atom. The van der Waals surface area contributed by atoms with Gasteiger partial charge in [0.25, 0.3) is 0 Å². The Labute approximate surface area is 202 Å². The fourth-order valence-electron chi connectivity index (χ4n) is 4.75. The molecule has 182 valence electrons. The number of aryl methyl sites for hydroxylation is 1. The minimum atomic E-state index is -0.0388. The third-order valence-electron chi connectivity index (χ3n) is 6.50. The normalized spacial score (nSPS) is 18.9. The van der Waals surface area contributed by atoms with Gasteiger partial charge < -0.3 is 19.9 Å². The number of benzene rings is 1. The van der Waals surface area contributed by atoms with Crippen LogP contribution in [0.15, 0.2) is 48.8 Å². The van der Waals surface area contributed by atoms with Gasteiger partial charge >= 0.3 is 0 Å². The molecule has 3 heterocycles. The zero-order chi connectivity index (χ0) is 23.9. The molecule has 1 aromatic carbocycles. The van der Waals surface area contributed by atoms with E-state index in [2.05, 4.69) is 63.6 Å². The number of pyridine rings is 1. The fourth-order valence-corrected chi connectivity index (χ4v) is 4.75. The number of aromatic nitrogens is 2. The monoisotopic (exact) mass is 463 g/mol. The first-order valence-electron chi connectivity index (χ1n) is 12.2. The van der Waals surface area contributed by atoms with Crippen molar-refractivity contribution in [2.75, 3.05) is 46.9 Å². The van der Waals surface area contributed by atoms with Gasteiger partial charge in [0.15, 0.2) is 0 Å². The number of likely N-dealkylation sites (tertiary alicyclic amines) is 1. The molecule has 4 rings (SSSR count). The molecule has 7 heteroatoms. The number of carbonyl (C=O) groups is 1. The molecule has 1 amide bonds. The average molecular weight is 464 g/mol. The topological polar surface area (TPSA) is 73.5 Å². The Hall–Kier alpha value is -2.90. The minimum Gasteiger partial charge on any atom is -0.492 e. The molecule has 7 nitrogen and oxygen atoms in total. The molecule has 1 saturated heterocycles. The van der Waals surface area contributed by atoms with Crippen LogP contribution in [0.1, 0.15) is 24.1 Å². The summed E-state index contributed by atoms with van der Waals surface area (Å²) in [4.78, 5) is 25.3. The number of rotatable bonds is 10. The predicted molar refractivity (Wildman–Crippen MR) is 136 cm³/mol. The molecule has 3 aromatic rings. The molecule has 0 saturated carbocycles. The first-order valence-corrected chi connectivity index (χ1v) is 12.2. The van der Waals surface area contributed by atoms with Gasteiger partial charge in [-0.05, 0) is 64.2 Å². The Morgan fingerprint density at radius 2 is 2.09 bits per heavy atom. The third kappa shape index (κ3) is 6.58. The van der Waals surface area contributed by atoms with E-state index in [1.165, 1.54) is 10.9 Å². The van der Waals surface area contributed by atoms with E-state index in [1.54, 1.807) is 6.20 Å². The summed E-state index contributed by atoms with van der Waals surface area (Å²) in [6, 6.07) is 12.3. The molecule has 2 N–H and O–H groups in total. The Bertz CT molecular complexity index is 1060. The van der Waals surface area contributed by atoms with Crippen molar-refractivity contribution in [3.05, 3.63) is 60.0 Å². The summed E-state index contributed by atoms with van der Waals surface area (Å²) in [7, 11) is 4.11. The number of fused-ring (bicyclic) bond motifs is 1. The number of aromatic amines is 1. The highest BCUT2D eigenvalue weighted by Crippen LogP contribution is 2.27. The van der Waals surface area contributed by atoms with Gasteiger partial charge in [-0.3, -0.25) is 14.7 Å². The summed E-state index contributed by atoms with van der Waals surface area (Å²) in [5, 5.41) is 4.41. The molecule has 34 heavy (non-hydrogen) atoms. The van der Waals surface area contributed by atoms with Crippen LogP contribution in [0.4, 0.5) is 0 Å². The van der Waals surface area contributed by atoms with Crippen LogP contribution >= 0.6 is 0 Å². The van der Waals surface area contributed by atoms with Crippen LogP contribution in [0, 0.1) is 18.8 Å². The van der Waals surface area contributed by atoms with Crippen LogP contribution in [0.2, 0.25) is 0 Å². The van der Waals surface area contributed by atoms with Crippen molar-refractivity contribution in [1.82, 2.24) is 25.1 Å². The van der Waals surface area contributed by atoms with E-state index in [0.717, 1.165) is 56.0 Å². The number of ether oxygens (including phenoxy) is 1. The highest BCUT2D eigenvalue weighted by atomic mass is 16.5. The van der Waals surface area contributed by atoms with E-state index < -0.39 is 0 Å². The van der Waals surface area contributed by atoms with E-state index in [9.17, 15) is 4.79 Å². The van der Waals surface area contributed by atoms with Crippen LogP contribution in [0.25, 0.3) is 10.9 Å². The van der Waals surface area contributed by atoms with E-state index in [1.807, 2.05) is 25.1 Å². The number of para-hydroxylation sites is 1. The van der Waals surface area contributed by atoms with E-state index in [-0.39, 0.29) is 17.7 Å². The summed E-state index contributed by atoms with van der Waals surface area (Å²) in [6.07, 6.45) is 5.66. The van der Waals surface area contributed by atoms with Gasteiger partial charge in [-0.15, -0.1) is 0 Å². The van der Waals surface area contributed by atoms with Crippen molar-refractivity contribution in [3.63, 3.8) is 0 Å². The van der Waals surface area contributed by atoms with Crippen molar-refractivity contribution in [3.8, 4) is 5.75 Å². The van der Waals surface area contributed by atoms with E-state index in [0.29, 0.717) is 13.2 Å². The van der Waals surface area contributed by atoms with Crippen molar-refractivity contribution in [2.45, 2.75) is 26.3 Å². The first-order chi connectivity index (χ1) is 16.5. The average Bonchev–Trinajstić information content (AvgIpc) is 3.24. The molecule has 2 aromatic heterocycles. The third-order valence-corrected chi connectivity index (χ3v) is 6.50. The van der Waals surface area contributed by atoms with Gasteiger partial charge in [0.2, 0.25) is 5.91 Å². The fraction of sp³-hybridized carbons (Fsp3) is 0.481. The number of piperidine rings is 1. The molecule has 1 fully saturated rings. The molecule has 0 bridgehead atoms. The van der Waals surface area contributed by atoms with E-state index in [4.69, 9.17) is 4.74 Å². The van der Waals surface area contributed by atoms with Gasteiger partial charge in [-0.25, -0.2) is 0 Å². The zero-order valence-electron chi connectivity index (χ0n) is 20.6. The number of nitrogens with zero attached hydrogens (tertiary/aromatic N) is 3. The summed E-state index contributed by atoms with van der Waals surface area (Å²) in [5.41, 5.74) is 3.39. The number of carbonyl (C=O) groups excluding carboxylic acids is 1. The van der Waals surface area contributed by atoms with Gasteiger partial charge in [-0.2, -0.15) is 0 Å². The van der Waals surface area contributed by atoms with Crippen LogP contribution in [0.5, 0.6) is 5.75 Å². The lowest BCUT2D eigenvalue weighted by Crippen LogP contribution is -2.47. The van der Waals surface area contributed by atoms with Crippen LogP contribution in [-0.4, -0.2) is 72.6 Å². The SMILES string of the molecule is Cc1ccc(OC[C@H]2C[C@@H](C(=O)NCCCN(C)C)CN(Cc3c[nH]c4ccccc34)C2)cn1. The summed E-state index contributed by atoms with van der Waals surface area (Å²) in [6.45, 7) is 6.72. The highest BCUT2D eigenvalue weighted by molar-refractivity contribution is 5.83. The quantitative estimate of drug-likeness (QED) is 0.451. The van der Waals surface area contributed by atoms with Crippen LogP contribution < -0.4 is 10.1 Å². The largest absolute Gasteiger partial charge is 0.492 e. The van der Waals surface area contributed by atoms with Crippen molar-refractivity contribution in [2.24, 2.45) is 11.8 Å². The van der Waals surface area contributed by atoms with Crippen LogP contribution in [-0.2, 0) is 11.3 Å². The molecule has 0 radical (unpaired) electrons. The zero-order valence-corrected chi connectivity index (χ0v) is 20.6. The van der Waals surface area contributed by atoms with Crippen LogP contribution in [0.3, 0.4) is 0 Å². The maximum atomic E-state index is 13.1. The number of nitrogens with one attached hydrogen (secondary N) is 2. The predicted octanol–water partition coefficient (Wildman–Crippen LogP) is 3.46. The van der Waals surface area contributed by atoms with Gasteiger partial charge in [0, 0.05) is 54.9 Å². The molecule has 1 aliphatic heterocycles. The summed E-state index contributed by atoms with van der Waals surface area (Å²) >= 11 is 0. The van der Waals surface area contributed by atoms with Gasteiger partial charge in [-0.1, -0.05) is 18.2 Å². The molecular weight excluding hydrogens is 426 g/mol. The van der Waals surface area contributed by atoms with Crippen molar-refractivity contribution in [1.29, 1.82) is 0 Å². The Balaban J connectivity index is 1.41. The summed E-state index contributed by atoms with van der Waals surface area (Å²) < 4.78 is 6.07. The maximum absolute atomic E-state index is 13.1. The van der Waals surface area contributed by atoms with Crippen molar-refractivity contribution < 1.29 is 9.53 Å². The van der Waals surface area contributed by atoms with Gasteiger partial charge in [0.05, 0.1) is 18.7 Å². The lowest BCUT2D eigenvalue weighted by atomic mass is 9.88. The lowest BCUT2D eigenvalue weighted by molar-refractivity contribution is -0.127. The molecule has 1 aliphatic rings. The second-order valence-electron chi connectivity index (χ2n) is 9.75. The van der Waals surface area contributed by atoms with E-state index >= 15 is 0 Å². The molecule has 0 spiro atoms. The van der Waals surface area contributed by atoms with Gasteiger partial charge in [0.1, 0.15) is 5.75 Å². The second-order valence-corrected chi connectivity index (χ2v) is 9.75. The number of hydrogen-bond acceptors (Lipinski definition) is 5.